The molecule has 2 saturated heterocycles. The quantitative estimate of drug-likeness (QED) is 0.391. The summed E-state index contributed by atoms with van der Waals surface area (Å²) in [7, 11) is 0. The van der Waals surface area contributed by atoms with Crippen molar-refractivity contribution in [3.8, 4) is 17.6 Å². The summed E-state index contributed by atoms with van der Waals surface area (Å²) in [5, 5.41) is 4.37. The van der Waals surface area contributed by atoms with Crippen molar-refractivity contribution in [2.75, 3.05) is 57.9 Å². The van der Waals surface area contributed by atoms with Gasteiger partial charge in [0, 0.05) is 44.8 Å². The Morgan fingerprint density at radius 3 is 2.94 bits per heavy atom. The normalized spacial score (nSPS) is 18.3. The van der Waals surface area contributed by atoms with Crippen molar-refractivity contribution < 1.29 is 14.3 Å². The van der Waals surface area contributed by atoms with Gasteiger partial charge in [0.15, 0.2) is 0 Å². The van der Waals surface area contributed by atoms with Crippen LogP contribution in [-0.2, 0) is 9.53 Å². The van der Waals surface area contributed by atoms with Crippen molar-refractivity contribution >= 4 is 22.8 Å². The molecule has 2 aliphatic rings. The van der Waals surface area contributed by atoms with E-state index in [0.717, 1.165) is 74.1 Å². The Labute approximate surface area is 210 Å². The number of nitrogens with zero attached hydrogens (tertiary/aromatic N) is 4. The SMILES string of the molecule is O=C(C=CCN1CCOCC1)N1CCC(Nc2ncnc3[nH]c(C#CCOc4ccccc4)cc23)C1. The lowest BCUT2D eigenvalue weighted by Crippen LogP contribution is -2.36. The molecule has 9 nitrogen and oxygen atoms in total. The van der Waals surface area contributed by atoms with Gasteiger partial charge in [-0.05, 0) is 30.5 Å². The van der Waals surface area contributed by atoms with Gasteiger partial charge in [0.25, 0.3) is 0 Å². The van der Waals surface area contributed by atoms with Crippen molar-refractivity contribution in [2.24, 2.45) is 0 Å². The molecular weight excluding hydrogens is 456 g/mol. The smallest absolute Gasteiger partial charge is 0.246 e. The van der Waals surface area contributed by atoms with Crippen LogP contribution >= 0.6 is 0 Å². The standard InChI is InChI=1S/C27H30N6O3/c34-25(9-4-11-32-13-16-35-17-14-32)33-12-10-22(19-33)31-27-24-18-21(30-26(24)28-20-29-27)6-5-15-36-23-7-2-1-3-8-23/h1-4,7-9,18,20,22H,10-17,19H2,(H2,28,29,30,31). The number of carbonyl (C=O) groups is 1. The average molecular weight is 487 g/mol. The third-order valence-corrected chi connectivity index (χ3v) is 6.27. The first-order valence-electron chi connectivity index (χ1n) is 12.3. The molecule has 4 heterocycles. The fourth-order valence-corrected chi connectivity index (χ4v) is 4.35. The molecule has 2 aliphatic heterocycles. The number of aromatic amines is 1. The lowest BCUT2D eigenvalue weighted by molar-refractivity contribution is -0.125. The van der Waals surface area contributed by atoms with E-state index in [4.69, 9.17) is 9.47 Å². The molecule has 1 unspecified atom stereocenters. The van der Waals surface area contributed by atoms with E-state index in [1.165, 1.54) is 6.33 Å². The predicted molar refractivity (Wildman–Crippen MR) is 138 cm³/mol. The fraction of sp³-hybridized carbons (Fsp3) is 0.370. The van der Waals surface area contributed by atoms with Crippen LogP contribution in [0.2, 0.25) is 0 Å². The highest BCUT2D eigenvalue weighted by atomic mass is 16.5. The van der Waals surface area contributed by atoms with Gasteiger partial charge in [0.1, 0.15) is 30.1 Å². The topological polar surface area (TPSA) is 95.6 Å². The first-order chi connectivity index (χ1) is 17.7. The number of carbonyl (C=O) groups excluding carboxylic acids is 1. The minimum atomic E-state index is 0.0531. The van der Waals surface area contributed by atoms with Crippen LogP contribution in [0.3, 0.4) is 0 Å². The van der Waals surface area contributed by atoms with Gasteiger partial charge in [-0.3, -0.25) is 9.69 Å². The highest BCUT2D eigenvalue weighted by molar-refractivity contribution is 5.89. The zero-order valence-corrected chi connectivity index (χ0v) is 20.2. The second-order valence-electron chi connectivity index (χ2n) is 8.80. The molecule has 9 heteroatoms. The van der Waals surface area contributed by atoms with E-state index < -0.39 is 0 Å². The van der Waals surface area contributed by atoms with Gasteiger partial charge in [-0.25, -0.2) is 9.97 Å². The molecule has 0 saturated carbocycles. The molecule has 36 heavy (non-hydrogen) atoms. The maximum absolute atomic E-state index is 12.6. The number of anilines is 1. The molecule has 2 N–H and O–H groups in total. The second kappa shape index (κ2) is 11.7. The molecule has 2 aromatic heterocycles. The van der Waals surface area contributed by atoms with Crippen LogP contribution in [0.4, 0.5) is 5.82 Å². The van der Waals surface area contributed by atoms with Gasteiger partial charge in [-0.15, -0.1) is 0 Å². The number of H-pyrrole nitrogens is 1. The van der Waals surface area contributed by atoms with E-state index in [1.807, 2.05) is 47.4 Å². The van der Waals surface area contributed by atoms with Crippen LogP contribution in [0.25, 0.3) is 11.0 Å². The Balaban J connectivity index is 1.15. The molecule has 0 bridgehead atoms. The summed E-state index contributed by atoms with van der Waals surface area (Å²) in [4.78, 5) is 28.8. The fourth-order valence-electron chi connectivity index (χ4n) is 4.35. The van der Waals surface area contributed by atoms with Crippen molar-refractivity contribution in [2.45, 2.75) is 12.5 Å². The van der Waals surface area contributed by atoms with Crippen LogP contribution in [-0.4, -0.2) is 89.2 Å². The maximum atomic E-state index is 12.6. The van der Waals surface area contributed by atoms with Crippen LogP contribution in [0.15, 0.2) is 54.9 Å². The molecule has 0 spiro atoms. The van der Waals surface area contributed by atoms with Gasteiger partial charge < -0.3 is 24.7 Å². The van der Waals surface area contributed by atoms with E-state index in [-0.39, 0.29) is 11.9 Å². The van der Waals surface area contributed by atoms with Crippen LogP contribution in [0, 0.1) is 11.8 Å². The van der Waals surface area contributed by atoms with Gasteiger partial charge in [0.05, 0.1) is 24.3 Å². The summed E-state index contributed by atoms with van der Waals surface area (Å²) >= 11 is 0. The molecule has 1 aromatic carbocycles. The Morgan fingerprint density at radius 2 is 2.08 bits per heavy atom. The van der Waals surface area contributed by atoms with E-state index in [9.17, 15) is 4.79 Å². The van der Waals surface area contributed by atoms with E-state index in [0.29, 0.717) is 13.2 Å². The third kappa shape index (κ3) is 6.22. The first-order valence-corrected chi connectivity index (χ1v) is 12.3. The van der Waals surface area contributed by atoms with Crippen LogP contribution in [0.5, 0.6) is 5.75 Å². The van der Waals surface area contributed by atoms with Crippen LogP contribution < -0.4 is 10.1 Å². The molecule has 5 rings (SSSR count). The van der Waals surface area contributed by atoms with Crippen molar-refractivity contribution in [1.29, 1.82) is 0 Å². The van der Waals surface area contributed by atoms with E-state index >= 15 is 0 Å². The predicted octanol–water partition coefficient (Wildman–Crippen LogP) is 2.29. The molecule has 2 fully saturated rings. The lowest BCUT2D eigenvalue weighted by Gasteiger charge is -2.25. The van der Waals surface area contributed by atoms with Crippen molar-refractivity contribution in [1.82, 2.24) is 24.8 Å². The molecular formula is C27H30N6O3. The number of amides is 1. The van der Waals surface area contributed by atoms with Crippen molar-refractivity contribution in [3.63, 3.8) is 0 Å². The summed E-state index contributed by atoms with van der Waals surface area (Å²) in [6.07, 6.45) is 6.04. The van der Waals surface area contributed by atoms with E-state index in [1.54, 1.807) is 6.08 Å². The zero-order chi connectivity index (χ0) is 24.6. The lowest BCUT2D eigenvalue weighted by atomic mass is 10.2. The molecule has 1 atom stereocenters. The Morgan fingerprint density at radius 1 is 1.22 bits per heavy atom. The van der Waals surface area contributed by atoms with Gasteiger partial charge >= 0.3 is 0 Å². The minimum Gasteiger partial charge on any atom is -0.481 e. The average Bonchev–Trinajstić information content (AvgIpc) is 3.55. The van der Waals surface area contributed by atoms with Crippen molar-refractivity contribution in [3.05, 3.63) is 60.6 Å². The summed E-state index contributed by atoms with van der Waals surface area (Å²) < 4.78 is 11.0. The van der Waals surface area contributed by atoms with Crippen LogP contribution in [0.1, 0.15) is 12.1 Å². The molecule has 0 aliphatic carbocycles. The zero-order valence-electron chi connectivity index (χ0n) is 20.2. The maximum Gasteiger partial charge on any atom is 0.246 e. The number of rotatable bonds is 7. The Bertz CT molecular complexity index is 1260. The summed E-state index contributed by atoms with van der Waals surface area (Å²) in [5.74, 6) is 7.71. The third-order valence-electron chi connectivity index (χ3n) is 6.27. The Kier molecular flexibility index (Phi) is 7.76. The number of ether oxygens (including phenoxy) is 2. The number of hydrogen-bond acceptors (Lipinski definition) is 7. The summed E-state index contributed by atoms with van der Waals surface area (Å²) in [6.45, 7) is 5.78. The van der Waals surface area contributed by atoms with Gasteiger partial charge in [-0.1, -0.05) is 30.2 Å². The monoisotopic (exact) mass is 486 g/mol. The molecule has 186 valence electrons. The number of para-hydroxylation sites is 1. The van der Waals surface area contributed by atoms with E-state index in [2.05, 4.69) is 37.0 Å². The number of morpholine rings is 1. The summed E-state index contributed by atoms with van der Waals surface area (Å²) in [6, 6.07) is 11.7. The number of fused-ring (bicyclic) bond motifs is 1. The minimum absolute atomic E-state index is 0.0531. The Hall–Kier alpha value is -3.87. The molecule has 1 amide bonds. The van der Waals surface area contributed by atoms with Gasteiger partial charge in [-0.2, -0.15) is 0 Å². The first kappa shape index (κ1) is 23.9. The largest absolute Gasteiger partial charge is 0.481 e. The highest BCUT2D eigenvalue weighted by Gasteiger charge is 2.26. The number of hydrogen-bond donors (Lipinski definition) is 2. The molecule has 0 radical (unpaired) electrons. The second-order valence-corrected chi connectivity index (χ2v) is 8.80. The number of benzene rings is 1. The van der Waals surface area contributed by atoms with Gasteiger partial charge in [0.2, 0.25) is 5.91 Å². The molecule has 3 aromatic rings. The number of likely N-dealkylation sites (tertiary alicyclic amines) is 1. The number of aromatic nitrogens is 3. The highest BCUT2D eigenvalue weighted by Crippen LogP contribution is 2.23. The number of nitrogens with one attached hydrogen (secondary N) is 2. The summed E-state index contributed by atoms with van der Waals surface area (Å²) in [5.41, 5.74) is 1.47.